The van der Waals surface area contributed by atoms with Gasteiger partial charge in [-0.15, -0.1) is 0 Å². The van der Waals surface area contributed by atoms with Crippen LogP contribution < -0.4 is 14.0 Å². The van der Waals surface area contributed by atoms with Crippen molar-refractivity contribution < 1.29 is 45.7 Å². The minimum atomic E-state index is -4.69. The maximum Gasteiger partial charge on any atom is 0.0777 e. The van der Waals surface area contributed by atoms with Crippen LogP contribution in [0.15, 0.2) is 0 Å². The van der Waals surface area contributed by atoms with Crippen LogP contribution in [0.1, 0.15) is 0 Å². The van der Waals surface area contributed by atoms with E-state index in [1.54, 1.807) is 0 Å². The molecule has 0 fully saturated rings. The van der Waals surface area contributed by atoms with Crippen molar-refractivity contribution in [2.24, 2.45) is 0 Å². The van der Waals surface area contributed by atoms with E-state index < -0.39 is 10.2 Å². The summed E-state index contributed by atoms with van der Waals surface area (Å²) in [6.07, 6.45) is 0. The summed E-state index contributed by atoms with van der Waals surface area (Å²) >= 11 is 0. The van der Waals surface area contributed by atoms with E-state index in [4.69, 9.17) is 18.6 Å². The van der Waals surface area contributed by atoms with Gasteiger partial charge in [-0.05, 0) is 0 Å². The first-order valence-corrected chi connectivity index (χ1v) is 1.90. The largest absolute Gasteiger partial charge is 0.183 e. The Morgan fingerprint density at radius 3 is 1.17 bits per heavy atom. The molecule has 0 aliphatic rings. The van der Waals surface area contributed by atoms with Crippen molar-refractivity contribution in [3.05, 3.63) is 0 Å². The summed E-state index contributed by atoms with van der Waals surface area (Å²) in [6.45, 7) is 0. The van der Waals surface area contributed by atoms with Gasteiger partial charge in [0.2, 0.25) is 0 Å². The summed E-state index contributed by atoms with van der Waals surface area (Å²) in [5.74, 6) is 0. The smallest absolute Gasteiger partial charge is 0.0777 e. The van der Waals surface area contributed by atoms with E-state index in [2.05, 4.69) is 0 Å². The molecule has 0 saturated heterocycles. The van der Waals surface area contributed by atoms with E-state index in [1.807, 2.05) is 0 Å². The molecule has 0 saturated carbocycles. The average molecular weight is 159 g/mol. The molecule has 1 N–H and O–H groups in total. The summed E-state index contributed by atoms with van der Waals surface area (Å²) in [4.78, 5) is 0. The molecule has 0 aromatic heterocycles. The zero-order valence-corrected chi connectivity index (χ0v) is 4.18. The zero-order chi connectivity index (χ0) is 4.50. The molecule has 0 bridgehead atoms. The standard InChI is InChI=1S/ClHO4.Co/c2-1(3,4)5;/h(H,2,3,4,5);. The van der Waals surface area contributed by atoms with Gasteiger partial charge in [0.25, 0.3) is 0 Å². The Balaban J connectivity index is 0. The predicted molar refractivity (Wildman–Crippen MR) is 2.22 cm³/mol. The first kappa shape index (κ1) is 9.81. The van der Waals surface area contributed by atoms with E-state index in [9.17, 15) is 0 Å². The number of hydrogen-bond donors (Lipinski definition) is 1. The summed E-state index contributed by atoms with van der Waals surface area (Å²) in [5.41, 5.74) is 0. The van der Waals surface area contributed by atoms with Crippen molar-refractivity contribution in [3.63, 3.8) is 0 Å². The predicted octanol–water partition coefficient (Wildman–Crippen LogP) is -4.13. The Hall–Kier alpha value is 0.636. The van der Waals surface area contributed by atoms with Crippen LogP contribution in [-0.2, 0) is 16.8 Å². The minimum Gasteiger partial charge on any atom is -0.183 e. The molecule has 0 aliphatic carbocycles. The fourth-order valence-electron chi connectivity index (χ4n) is 0. The van der Waals surface area contributed by atoms with Gasteiger partial charge in [-0.2, -0.15) is 14.0 Å². The van der Waals surface area contributed by atoms with Crippen molar-refractivity contribution in [1.29, 1.82) is 0 Å². The summed E-state index contributed by atoms with van der Waals surface area (Å²) in [7, 11) is -4.69. The molecular weight excluding hydrogens is 158 g/mol. The topological polar surface area (TPSA) is 89.4 Å². The molecule has 0 spiro atoms. The van der Waals surface area contributed by atoms with Crippen LogP contribution in [0.5, 0.6) is 0 Å². The van der Waals surface area contributed by atoms with Crippen molar-refractivity contribution in [1.82, 2.24) is 0 Å². The molecule has 41 valence electrons. The SMILES string of the molecule is [Co].[O-][Cl+3]([O-])([O-])O. The fraction of sp³-hybridized carbons (Fsp3) is 0. The van der Waals surface area contributed by atoms with E-state index >= 15 is 0 Å². The van der Waals surface area contributed by atoms with Crippen LogP contribution in [0, 0.1) is 10.2 Å². The molecule has 0 unspecified atom stereocenters. The normalized spacial score (nSPS) is 10.0. The van der Waals surface area contributed by atoms with Crippen LogP contribution in [0.25, 0.3) is 0 Å². The van der Waals surface area contributed by atoms with Gasteiger partial charge >= 0.3 is 0 Å². The van der Waals surface area contributed by atoms with Gasteiger partial charge in [0.15, 0.2) is 0 Å². The van der Waals surface area contributed by atoms with E-state index in [-0.39, 0.29) is 16.8 Å². The summed E-state index contributed by atoms with van der Waals surface area (Å²) in [5, 5.41) is 0. The monoisotopic (exact) mass is 159 g/mol. The second-order valence-corrected chi connectivity index (χ2v) is 1.19. The summed E-state index contributed by atoms with van der Waals surface area (Å²) < 4.78 is 32.7. The van der Waals surface area contributed by atoms with Crippen LogP contribution >= 0.6 is 0 Å². The summed E-state index contributed by atoms with van der Waals surface area (Å²) in [6, 6.07) is 0. The average Bonchev–Trinajstić information content (AvgIpc) is 0.722. The number of halogens is 1. The Bertz CT molecular complexity index is 23.0. The molecule has 0 atom stereocenters. The molecule has 0 heterocycles. The minimum absolute atomic E-state index is 0. The van der Waals surface area contributed by atoms with Gasteiger partial charge in [0.1, 0.15) is 0 Å². The number of rotatable bonds is 0. The van der Waals surface area contributed by atoms with Gasteiger partial charge in [-0.1, -0.05) is 0 Å². The number of hydrogen-bond acceptors (Lipinski definition) is 4. The molecule has 6 heteroatoms. The Kier molecular flexibility index (Phi) is 4.50. The molecule has 1 radical (unpaired) electrons. The van der Waals surface area contributed by atoms with Gasteiger partial charge in [0, 0.05) is 16.8 Å². The second-order valence-electron chi connectivity index (χ2n) is 0.396. The van der Waals surface area contributed by atoms with Crippen LogP contribution in [0.2, 0.25) is 0 Å². The zero-order valence-electron chi connectivity index (χ0n) is 2.38. The molecule has 4 nitrogen and oxygen atoms in total. The molecular formula is HClCoO4. The molecule has 6 heavy (non-hydrogen) atoms. The van der Waals surface area contributed by atoms with Gasteiger partial charge in [-0.3, -0.25) is 0 Å². The third-order valence-corrected chi connectivity index (χ3v) is 0. The first-order chi connectivity index (χ1) is 2.00. The quantitative estimate of drug-likeness (QED) is 0.389. The van der Waals surface area contributed by atoms with Crippen LogP contribution in [-0.4, -0.2) is 4.66 Å². The third kappa shape index (κ3) is 151. The molecule has 0 aliphatic heterocycles. The maximum atomic E-state index is 8.60. The maximum absolute atomic E-state index is 8.60. The van der Waals surface area contributed by atoms with Crippen molar-refractivity contribution >= 4 is 0 Å². The fourth-order valence-corrected chi connectivity index (χ4v) is 0. The van der Waals surface area contributed by atoms with Crippen LogP contribution in [0.3, 0.4) is 0 Å². The van der Waals surface area contributed by atoms with Gasteiger partial charge in [0.05, 0.1) is 14.9 Å². The molecule has 0 amide bonds. The van der Waals surface area contributed by atoms with Crippen molar-refractivity contribution in [3.8, 4) is 0 Å². The first-order valence-electron chi connectivity index (χ1n) is 0.632. The third-order valence-electron chi connectivity index (χ3n) is 0. The van der Waals surface area contributed by atoms with Gasteiger partial charge < -0.3 is 0 Å². The molecule has 0 aromatic carbocycles. The van der Waals surface area contributed by atoms with E-state index in [0.717, 1.165) is 0 Å². The van der Waals surface area contributed by atoms with Crippen molar-refractivity contribution in [2.45, 2.75) is 0 Å². The second kappa shape index (κ2) is 2.75. The van der Waals surface area contributed by atoms with Crippen molar-refractivity contribution in [2.75, 3.05) is 0 Å². The van der Waals surface area contributed by atoms with E-state index in [1.165, 1.54) is 0 Å². The Labute approximate surface area is 46.3 Å². The van der Waals surface area contributed by atoms with Gasteiger partial charge in [-0.25, -0.2) is 0 Å². The molecule has 0 rings (SSSR count). The molecule has 0 aromatic rings. The Morgan fingerprint density at radius 2 is 1.17 bits per heavy atom. The van der Waals surface area contributed by atoms with Crippen LogP contribution in [0.4, 0.5) is 0 Å². The van der Waals surface area contributed by atoms with E-state index in [0.29, 0.717) is 0 Å². The Morgan fingerprint density at radius 1 is 1.17 bits per heavy atom.